The molecule has 0 saturated heterocycles. The van der Waals surface area contributed by atoms with Crippen molar-refractivity contribution < 1.29 is 23.1 Å². The van der Waals surface area contributed by atoms with Gasteiger partial charge in [-0.2, -0.15) is 0 Å². The molecule has 3 N–H and O–H groups in total. The molecule has 0 unspecified atom stereocenters. The molecule has 0 fully saturated rings. The lowest BCUT2D eigenvalue weighted by molar-refractivity contribution is 0.0695. The lowest BCUT2D eigenvalue weighted by Crippen LogP contribution is -2.27. The molecule has 2 rings (SSSR count). The number of hydrogen-bond donors (Lipinski definition) is 3. The Balaban J connectivity index is 2.14. The highest BCUT2D eigenvalue weighted by Gasteiger charge is 2.16. The first-order valence-electron chi connectivity index (χ1n) is 8.35. The van der Waals surface area contributed by atoms with E-state index in [0.717, 1.165) is 0 Å². The van der Waals surface area contributed by atoms with Crippen LogP contribution in [-0.2, 0) is 10.0 Å². The van der Waals surface area contributed by atoms with Gasteiger partial charge in [-0.3, -0.25) is 4.79 Å². The van der Waals surface area contributed by atoms with Gasteiger partial charge in [0.25, 0.3) is 5.91 Å². The number of sulfonamides is 1. The van der Waals surface area contributed by atoms with Crippen LogP contribution in [0.4, 0.5) is 5.69 Å². The quantitative estimate of drug-likeness (QED) is 0.673. The maximum Gasteiger partial charge on any atom is 0.336 e. The Kier molecular flexibility index (Phi) is 6.35. The highest BCUT2D eigenvalue weighted by molar-refractivity contribution is 7.89. The van der Waals surface area contributed by atoms with Crippen LogP contribution in [-0.4, -0.2) is 31.9 Å². The molecule has 0 radical (unpaired) electrons. The van der Waals surface area contributed by atoms with Crippen molar-refractivity contribution in [2.75, 3.05) is 11.9 Å². The first kappa shape index (κ1) is 20.6. The SMILES string of the molecule is Cc1ccc(NC(=O)c2ccc(S(=O)(=O)NCC(C)C)cc2)cc1C(=O)O. The fourth-order valence-corrected chi connectivity index (χ4v) is 3.49. The van der Waals surface area contributed by atoms with Crippen LogP contribution in [0.15, 0.2) is 47.4 Å². The molecule has 0 saturated carbocycles. The van der Waals surface area contributed by atoms with E-state index in [9.17, 15) is 18.0 Å². The zero-order valence-corrected chi connectivity index (χ0v) is 16.1. The van der Waals surface area contributed by atoms with Crippen molar-refractivity contribution >= 4 is 27.6 Å². The number of aromatic carboxylic acids is 1. The van der Waals surface area contributed by atoms with Crippen molar-refractivity contribution in [2.24, 2.45) is 5.92 Å². The topological polar surface area (TPSA) is 113 Å². The van der Waals surface area contributed by atoms with Crippen molar-refractivity contribution in [3.63, 3.8) is 0 Å². The van der Waals surface area contributed by atoms with Crippen molar-refractivity contribution in [3.05, 3.63) is 59.2 Å². The molecule has 0 spiro atoms. The molecule has 8 heteroatoms. The molecule has 27 heavy (non-hydrogen) atoms. The van der Waals surface area contributed by atoms with Crippen molar-refractivity contribution in [1.82, 2.24) is 4.72 Å². The Labute approximate surface area is 158 Å². The summed E-state index contributed by atoms with van der Waals surface area (Å²) in [6, 6.07) is 10.1. The fourth-order valence-electron chi connectivity index (χ4n) is 2.28. The van der Waals surface area contributed by atoms with Crippen molar-refractivity contribution in [3.8, 4) is 0 Å². The van der Waals surface area contributed by atoms with E-state index in [2.05, 4.69) is 10.0 Å². The highest BCUT2D eigenvalue weighted by Crippen LogP contribution is 2.17. The lowest BCUT2D eigenvalue weighted by atomic mass is 10.1. The minimum absolute atomic E-state index is 0.0724. The average Bonchev–Trinajstić information content (AvgIpc) is 2.61. The maximum absolute atomic E-state index is 12.3. The van der Waals surface area contributed by atoms with E-state index >= 15 is 0 Å². The van der Waals surface area contributed by atoms with Gasteiger partial charge in [0.2, 0.25) is 10.0 Å². The van der Waals surface area contributed by atoms with Crippen LogP contribution in [0.2, 0.25) is 0 Å². The van der Waals surface area contributed by atoms with Crippen LogP contribution >= 0.6 is 0 Å². The summed E-state index contributed by atoms with van der Waals surface area (Å²) in [4.78, 5) is 23.6. The number of carboxylic acid groups (broad SMARTS) is 1. The second kappa shape index (κ2) is 8.32. The number of anilines is 1. The summed E-state index contributed by atoms with van der Waals surface area (Å²) in [5.41, 5.74) is 1.29. The molecular weight excluding hydrogens is 368 g/mol. The summed E-state index contributed by atoms with van der Waals surface area (Å²) in [6.07, 6.45) is 0. The third kappa shape index (κ3) is 5.38. The smallest absolute Gasteiger partial charge is 0.336 e. The molecule has 0 aliphatic carbocycles. The predicted molar refractivity (Wildman–Crippen MR) is 103 cm³/mol. The Hall–Kier alpha value is -2.71. The Morgan fingerprint density at radius 1 is 1.07 bits per heavy atom. The van der Waals surface area contributed by atoms with Gasteiger partial charge in [0, 0.05) is 17.8 Å². The zero-order valence-electron chi connectivity index (χ0n) is 15.3. The molecule has 7 nitrogen and oxygen atoms in total. The molecule has 144 valence electrons. The van der Waals surface area contributed by atoms with Gasteiger partial charge >= 0.3 is 5.97 Å². The summed E-state index contributed by atoms with van der Waals surface area (Å²) in [5, 5.41) is 11.8. The van der Waals surface area contributed by atoms with E-state index in [1.54, 1.807) is 19.1 Å². The molecule has 0 heterocycles. The van der Waals surface area contributed by atoms with E-state index in [1.165, 1.54) is 30.3 Å². The average molecular weight is 390 g/mol. The number of aryl methyl sites for hydroxylation is 1. The van der Waals surface area contributed by atoms with Crippen LogP contribution in [0, 0.1) is 12.8 Å². The third-order valence-corrected chi connectivity index (χ3v) is 5.27. The molecule has 2 aromatic rings. The summed E-state index contributed by atoms with van der Waals surface area (Å²) < 4.78 is 26.9. The van der Waals surface area contributed by atoms with E-state index in [1.807, 2.05) is 13.8 Å². The molecule has 0 atom stereocenters. The Morgan fingerprint density at radius 2 is 1.70 bits per heavy atom. The van der Waals surface area contributed by atoms with Crippen LogP contribution in [0.25, 0.3) is 0 Å². The maximum atomic E-state index is 12.3. The number of rotatable bonds is 7. The number of amides is 1. The van der Waals surface area contributed by atoms with Gasteiger partial charge < -0.3 is 10.4 Å². The van der Waals surface area contributed by atoms with Gasteiger partial charge in [-0.1, -0.05) is 19.9 Å². The van der Waals surface area contributed by atoms with Gasteiger partial charge in [0.05, 0.1) is 10.5 Å². The van der Waals surface area contributed by atoms with Gasteiger partial charge in [-0.05, 0) is 54.8 Å². The van der Waals surface area contributed by atoms with Gasteiger partial charge in [-0.25, -0.2) is 17.9 Å². The zero-order chi connectivity index (χ0) is 20.2. The largest absolute Gasteiger partial charge is 0.478 e. The number of carboxylic acids is 1. The second-order valence-corrected chi connectivity index (χ2v) is 8.33. The first-order chi connectivity index (χ1) is 12.6. The Bertz CT molecular complexity index is 951. The van der Waals surface area contributed by atoms with E-state index in [0.29, 0.717) is 17.8 Å². The summed E-state index contributed by atoms with van der Waals surface area (Å²) in [6.45, 7) is 5.79. The predicted octanol–water partition coefficient (Wildman–Crippen LogP) is 2.88. The lowest BCUT2D eigenvalue weighted by Gasteiger charge is -2.10. The summed E-state index contributed by atoms with van der Waals surface area (Å²) in [7, 11) is -3.62. The van der Waals surface area contributed by atoms with Crippen LogP contribution in [0.3, 0.4) is 0 Å². The molecule has 0 aliphatic heterocycles. The summed E-state index contributed by atoms with van der Waals surface area (Å²) in [5.74, 6) is -1.36. The first-order valence-corrected chi connectivity index (χ1v) is 9.83. The van der Waals surface area contributed by atoms with E-state index in [4.69, 9.17) is 5.11 Å². The van der Waals surface area contributed by atoms with E-state index in [-0.39, 0.29) is 21.9 Å². The second-order valence-electron chi connectivity index (χ2n) is 6.56. The number of nitrogens with one attached hydrogen (secondary N) is 2. The monoisotopic (exact) mass is 390 g/mol. The molecular formula is C19H22N2O5S. The van der Waals surface area contributed by atoms with E-state index < -0.39 is 21.9 Å². The fraction of sp³-hybridized carbons (Fsp3) is 0.263. The minimum atomic E-state index is -3.62. The number of hydrogen-bond acceptors (Lipinski definition) is 4. The highest BCUT2D eigenvalue weighted by atomic mass is 32.2. The number of benzene rings is 2. The van der Waals surface area contributed by atoms with Crippen LogP contribution in [0.1, 0.15) is 40.1 Å². The molecule has 0 aliphatic rings. The number of carbonyl (C=O) groups is 2. The number of carbonyl (C=O) groups excluding carboxylic acids is 1. The molecule has 2 aromatic carbocycles. The minimum Gasteiger partial charge on any atom is -0.478 e. The molecule has 0 bridgehead atoms. The van der Waals surface area contributed by atoms with Crippen molar-refractivity contribution in [2.45, 2.75) is 25.7 Å². The van der Waals surface area contributed by atoms with Gasteiger partial charge in [0.1, 0.15) is 0 Å². The third-order valence-electron chi connectivity index (χ3n) is 3.83. The van der Waals surface area contributed by atoms with Crippen molar-refractivity contribution in [1.29, 1.82) is 0 Å². The standard InChI is InChI=1S/C19H22N2O5S/c1-12(2)11-20-27(25,26)16-8-5-14(6-9-16)18(22)21-15-7-4-13(3)17(10-15)19(23)24/h4-10,12,20H,11H2,1-3H3,(H,21,22)(H,23,24). The normalized spacial score (nSPS) is 11.4. The van der Waals surface area contributed by atoms with Gasteiger partial charge in [-0.15, -0.1) is 0 Å². The van der Waals surface area contributed by atoms with Crippen LogP contribution < -0.4 is 10.0 Å². The molecule has 0 aromatic heterocycles. The van der Waals surface area contributed by atoms with Crippen LogP contribution in [0.5, 0.6) is 0 Å². The van der Waals surface area contributed by atoms with Gasteiger partial charge in [0.15, 0.2) is 0 Å². The summed E-state index contributed by atoms with van der Waals surface area (Å²) >= 11 is 0. The Morgan fingerprint density at radius 3 is 2.26 bits per heavy atom. The molecule has 1 amide bonds.